The summed E-state index contributed by atoms with van der Waals surface area (Å²) in [4.78, 5) is 16.6. The lowest BCUT2D eigenvalue weighted by Crippen LogP contribution is -2.24. The highest BCUT2D eigenvalue weighted by Gasteiger charge is 2.29. The average Bonchev–Trinajstić information content (AvgIpc) is 2.83. The van der Waals surface area contributed by atoms with E-state index >= 15 is 0 Å². The molecule has 0 radical (unpaired) electrons. The van der Waals surface area contributed by atoms with Gasteiger partial charge in [-0.15, -0.1) is 11.6 Å². The molecule has 0 bridgehead atoms. The number of aromatic amines is 1. The van der Waals surface area contributed by atoms with Crippen molar-refractivity contribution in [3.63, 3.8) is 0 Å². The number of hydrogen-bond donors (Lipinski definition) is 1. The third kappa shape index (κ3) is 1.48. The summed E-state index contributed by atoms with van der Waals surface area (Å²) in [5, 5.41) is 1.09. The van der Waals surface area contributed by atoms with Crippen LogP contribution in [0, 0.1) is 0 Å². The van der Waals surface area contributed by atoms with E-state index in [9.17, 15) is 4.79 Å². The Morgan fingerprint density at radius 2 is 2.25 bits per heavy atom. The minimum Gasteiger partial charge on any atom is -0.361 e. The van der Waals surface area contributed by atoms with Gasteiger partial charge in [0.25, 0.3) is 0 Å². The van der Waals surface area contributed by atoms with Crippen molar-refractivity contribution >= 4 is 34.1 Å². The molecule has 1 atom stereocenters. The zero-order valence-corrected chi connectivity index (χ0v) is 9.37. The number of amides is 1. The molecule has 0 spiro atoms. The van der Waals surface area contributed by atoms with Gasteiger partial charge in [0.05, 0.1) is 5.38 Å². The summed E-state index contributed by atoms with van der Waals surface area (Å²) in [6.45, 7) is 0.604. The number of H-pyrrole nitrogens is 1. The van der Waals surface area contributed by atoms with Crippen molar-refractivity contribution in [2.45, 2.75) is 11.8 Å². The van der Waals surface area contributed by atoms with Gasteiger partial charge in [0.15, 0.2) is 0 Å². The van der Waals surface area contributed by atoms with Crippen LogP contribution in [0.15, 0.2) is 30.5 Å². The molecule has 1 aliphatic rings. The largest absolute Gasteiger partial charge is 0.361 e. The van der Waals surface area contributed by atoms with Crippen LogP contribution in [0.25, 0.3) is 10.9 Å². The van der Waals surface area contributed by atoms with Gasteiger partial charge in [0.1, 0.15) is 0 Å². The quantitative estimate of drug-likeness (QED) is 0.757. The van der Waals surface area contributed by atoms with Gasteiger partial charge in [-0.2, -0.15) is 0 Å². The fourth-order valence-corrected chi connectivity index (χ4v) is 2.39. The average molecular weight is 235 g/mol. The number of benzene rings is 1. The first-order valence-electron chi connectivity index (χ1n) is 5.25. The van der Waals surface area contributed by atoms with E-state index in [0.29, 0.717) is 13.0 Å². The lowest BCUT2D eigenvalue weighted by Gasteiger charge is -2.15. The van der Waals surface area contributed by atoms with E-state index in [1.165, 1.54) is 0 Å². The number of carbonyl (C=O) groups excluding carboxylic acids is 1. The molecule has 2 heterocycles. The molecule has 82 valence electrons. The second-order valence-electron chi connectivity index (χ2n) is 4.05. The highest BCUT2D eigenvalue weighted by molar-refractivity contribution is 6.24. The molecule has 1 N–H and O–H groups in total. The molecule has 1 saturated heterocycles. The molecule has 1 aromatic heterocycles. The topological polar surface area (TPSA) is 36.1 Å². The Kier molecular flexibility index (Phi) is 2.14. The predicted octanol–water partition coefficient (Wildman–Crippen LogP) is 2.51. The fourth-order valence-electron chi connectivity index (χ4n) is 2.12. The Bertz CT molecular complexity index is 549. The number of fused-ring (bicyclic) bond motifs is 1. The van der Waals surface area contributed by atoms with Gasteiger partial charge in [-0.1, -0.05) is 6.07 Å². The predicted molar refractivity (Wildman–Crippen MR) is 64.9 cm³/mol. The maximum absolute atomic E-state index is 11.7. The summed E-state index contributed by atoms with van der Waals surface area (Å²) in [7, 11) is 0. The molecule has 1 aromatic carbocycles. The minimum atomic E-state index is -0.0631. The van der Waals surface area contributed by atoms with Crippen LogP contribution in [-0.2, 0) is 4.79 Å². The van der Waals surface area contributed by atoms with E-state index in [1.807, 2.05) is 30.5 Å². The monoisotopic (exact) mass is 234 g/mol. The van der Waals surface area contributed by atoms with Gasteiger partial charge >= 0.3 is 0 Å². The molecule has 1 unspecified atom stereocenters. The molecule has 0 saturated carbocycles. The van der Waals surface area contributed by atoms with Gasteiger partial charge in [-0.3, -0.25) is 4.79 Å². The van der Waals surface area contributed by atoms with Crippen LogP contribution in [0.1, 0.15) is 6.42 Å². The van der Waals surface area contributed by atoms with Gasteiger partial charge in [0.2, 0.25) is 5.91 Å². The van der Waals surface area contributed by atoms with E-state index in [1.54, 1.807) is 4.90 Å². The molecule has 3 nitrogen and oxygen atoms in total. The van der Waals surface area contributed by atoms with Crippen LogP contribution in [0.3, 0.4) is 0 Å². The zero-order valence-electron chi connectivity index (χ0n) is 8.61. The number of alkyl halides is 1. The van der Waals surface area contributed by atoms with Crippen LogP contribution in [0.2, 0.25) is 0 Å². The number of rotatable bonds is 1. The molecule has 4 heteroatoms. The third-order valence-corrected chi connectivity index (χ3v) is 3.22. The molecular formula is C12H11ClN2O. The Morgan fingerprint density at radius 1 is 1.38 bits per heavy atom. The molecule has 1 aliphatic heterocycles. The van der Waals surface area contributed by atoms with Gasteiger partial charge in [0, 0.05) is 30.4 Å². The first kappa shape index (κ1) is 9.73. The first-order chi connectivity index (χ1) is 7.74. The van der Waals surface area contributed by atoms with E-state index in [4.69, 9.17) is 11.6 Å². The van der Waals surface area contributed by atoms with Gasteiger partial charge in [-0.25, -0.2) is 0 Å². The number of aromatic nitrogens is 1. The van der Waals surface area contributed by atoms with Crippen molar-refractivity contribution in [2.75, 3.05) is 11.4 Å². The van der Waals surface area contributed by atoms with E-state index in [2.05, 4.69) is 4.98 Å². The van der Waals surface area contributed by atoms with E-state index in [-0.39, 0.29) is 11.3 Å². The Labute approximate surface area is 98.0 Å². The number of nitrogens with zero attached hydrogens (tertiary/aromatic N) is 1. The van der Waals surface area contributed by atoms with E-state index < -0.39 is 0 Å². The number of nitrogens with one attached hydrogen (secondary N) is 1. The summed E-state index contributed by atoms with van der Waals surface area (Å²) < 4.78 is 0. The molecule has 2 aromatic rings. The standard InChI is InChI=1S/C12H11ClN2O/c13-9-5-12(16)15(7-9)10-2-1-8-3-4-14-11(8)6-10/h1-4,6,9,14H,5,7H2. The van der Waals surface area contributed by atoms with Crippen molar-refractivity contribution in [3.8, 4) is 0 Å². The molecule has 16 heavy (non-hydrogen) atoms. The lowest BCUT2D eigenvalue weighted by atomic mass is 10.2. The second-order valence-corrected chi connectivity index (χ2v) is 4.67. The second kappa shape index (κ2) is 3.52. The number of carbonyl (C=O) groups is 1. The molecular weight excluding hydrogens is 224 g/mol. The molecule has 1 amide bonds. The normalized spacial score (nSPS) is 20.9. The lowest BCUT2D eigenvalue weighted by molar-refractivity contribution is -0.117. The van der Waals surface area contributed by atoms with Crippen molar-refractivity contribution in [2.24, 2.45) is 0 Å². The Balaban J connectivity index is 2.02. The van der Waals surface area contributed by atoms with Crippen molar-refractivity contribution in [1.29, 1.82) is 0 Å². The van der Waals surface area contributed by atoms with Crippen LogP contribution in [0.4, 0.5) is 5.69 Å². The Hall–Kier alpha value is -1.48. The highest BCUT2D eigenvalue weighted by Crippen LogP contribution is 2.26. The number of anilines is 1. The summed E-state index contributed by atoms with van der Waals surface area (Å²) in [6, 6.07) is 7.97. The van der Waals surface area contributed by atoms with Crippen LogP contribution < -0.4 is 4.90 Å². The Morgan fingerprint density at radius 3 is 3.00 bits per heavy atom. The summed E-state index contributed by atoms with van der Waals surface area (Å²) >= 11 is 5.98. The van der Waals surface area contributed by atoms with Crippen LogP contribution in [-0.4, -0.2) is 22.8 Å². The molecule has 1 fully saturated rings. The van der Waals surface area contributed by atoms with Crippen LogP contribution >= 0.6 is 11.6 Å². The first-order valence-corrected chi connectivity index (χ1v) is 5.69. The van der Waals surface area contributed by atoms with Crippen molar-refractivity contribution in [3.05, 3.63) is 30.5 Å². The van der Waals surface area contributed by atoms with Gasteiger partial charge < -0.3 is 9.88 Å². The fraction of sp³-hybridized carbons (Fsp3) is 0.250. The molecule has 0 aliphatic carbocycles. The highest BCUT2D eigenvalue weighted by atomic mass is 35.5. The maximum atomic E-state index is 11.7. The summed E-state index contributed by atoms with van der Waals surface area (Å²) in [5.74, 6) is 0.103. The smallest absolute Gasteiger partial charge is 0.228 e. The van der Waals surface area contributed by atoms with E-state index in [0.717, 1.165) is 16.6 Å². The summed E-state index contributed by atoms with van der Waals surface area (Å²) in [5.41, 5.74) is 1.96. The SMILES string of the molecule is O=C1CC(Cl)CN1c1ccc2cc[nH]c2c1. The van der Waals surface area contributed by atoms with Crippen molar-refractivity contribution in [1.82, 2.24) is 4.98 Å². The maximum Gasteiger partial charge on any atom is 0.228 e. The van der Waals surface area contributed by atoms with Crippen molar-refractivity contribution < 1.29 is 4.79 Å². The summed E-state index contributed by atoms with van der Waals surface area (Å²) in [6.07, 6.45) is 2.33. The minimum absolute atomic E-state index is 0.0631. The number of hydrogen-bond acceptors (Lipinski definition) is 1. The zero-order chi connectivity index (χ0) is 11.1. The molecule has 3 rings (SSSR count). The van der Waals surface area contributed by atoms with Crippen LogP contribution in [0.5, 0.6) is 0 Å². The third-order valence-electron chi connectivity index (χ3n) is 2.93. The number of halogens is 1. The van der Waals surface area contributed by atoms with Gasteiger partial charge in [-0.05, 0) is 23.6 Å².